The Labute approximate surface area is 231 Å². The van der Waals surface area contributed by atoms with Gasteiger partial charge in [-0.25, -0.2) is 0 Å². The first-order valence-electron chi connectivity index (χ1n) is 15.4. The molecule has 0 radical (unpaired) electrons. The molecule has 1 aliphatic rings. The van der Waals surface area contributed by atoms with Crippen LogP contribution >= 0.6 is 11.8 Å². The van der Waals surface area contributed by atoms with E-state index >= 15 is 0 Å². The van der Waals surface area contributed by atoms with E-state index in [0.29, 0.717) is 6.04 Å². The molecule has 1 aliphatic heterocycles. The number of nitrogens with zero attached hydrogens (tertiary/aromatic N) is 3. The summed E-state index contributed by atoms with van der Waals surface area (Å²) < 4.78 is 2.38. The molecule has 1 aromatic heterocycles. The molecule has 1 aromatic carbocycles. The van der Waals surface area contributed by atoms with Gasteiger partial charge >= 0.3 is 0 Å². The predicted molar refractivity (Wildman–Crippen MR) is 161 cm³/mol. The fourth-order valence-corrected chi connectivity index (χ4v) is 6.41. The van der Waals surface area contributed by atoms with E-state index in [0.717, 1.165) is 41.1 Å². The molecular formula is C31H53N5S. The quantitative estimate of drug-likeness (QED) is 0.102. The van der Waals surface area contributed by atoms with Crippen molar-refractivity contribution < 1.29 is 0 Å². The molecule has 3 rings (SSSR count). The number of hydrogen-bond acceptors (Lipinski definition) is 5. The van der Waals surface area contributed by atoms with Crippen molar-refractivity contribution in [2.45, 2.75) is 134 Å². The first-order chi connectivity index (χ1) is 18.3. The van der Waals surface area contributed by atoms with Gasteiger partial charge in [-0.3, -0.25) is 4.57 Å². The van der Waals surface area contributed by atoms with E-state index in [9.17, 15) is 0 Å². The van der Waals surface area contributed by atoms with Crippen molar-refractivity contribution in [2.24, 2.45) is 0 Å². The van der Waals surface area contributed by atoms with Crippen LogP contribution in [-0.4, -0.2) is 33.6 Å². The molecule has 2 heterocycles. The molecule has 3 N–H and O–H groups in total. The number of hydrogen-bond donors (Lipinski definition) is 2. The van der Waals surface area contributed by atoms with Crippen LogP contribution in [0, 0.1) is 0 Å². The first kappa shape index (κ1) is 30.0. The highest BCUT2D eigenvalue weighted by Gasteiger charge is 2.23. The topological polar surface area (TPSA) is 68.8 Å². The van der Waals surface area contributed by atoms with Crippen LogP contribution in [0.4, 0.5) is 5.69 Å². The van der Waals surface area contributed by atoms with E-state index in [2.05, 4.69) is 39.1 Å². The van der Waals surface area contributed by atoms with Gasteiger partial charge in [-0.05, 0) is 50.1 Å². The summed E-state index contributed by atoms with van der Waals surface area (Å²) in [6.45, 7) is 4.40. The Morgan fingerprint density at radius 1 is 0.811 bits per heavy atom. The molecule has 0 amide bonds. The minimum atomic E-state index is 0.421. The average molecular weight is 528 g/mol. The second kappa shape index (κ2) is 18.7. The van der Waals surface area contributed by atoms with E-state index in [1.54, 1.807) is 0 Å². The van der Waals surface area contributed by atoms with Crippen LogP contribution in [-0.2, 0) is 0 Å². The third-order valence-electron chi connectivity index (χ3n) is 7.70. The number of aromatic nitrogens is 3. The number of nitrogen functional groups attached to an aromatic ring is 1. The van der Waals surface area contributed by atoms with Gasteiger partial charge in [-0.2, -0.15) is 0 Å². The zero-order valence-electron chi connectivity index (χ0n) is 23.6. The number of unbranched alkanes of at least 4 members (excludes halogenated alkanes) is 15. The summed E-state index contributed by atoms with van der Waals surface area (Å²) in [4.78, 5) is 0. The maximum absolute atomic E-state index is 5.91. The van der Waals surface area contributed by atoms with E-state index in [1.807, 2.05) is 23.9 Å². The highest BCUT2D eigenvalue weighted by atomic mass is 32.2. The fraction of sp³-hybridized carbons (Fsp3) is 0.742. The Morgan fingerprint density at radius 2 is 1.38 bits per heavy atom. The average Bonchev–Trinajstić information content (AvgIpc) is 3.35. The summed E-state index contributed by atoms with van der Waals surface area (Å²) in [6.07, 6.45) is 25.0. The lowest BCUT2D eigenvalue weighted by Crippen LogP contribution is -2.32. The number of nitrogens with two attached hydrogens (primary N) is 1. The molecule has 5 nitrogen and oxygen atoms in total. The Balaban J connectivity index is 1.26. The number of nitrogens with one attached hydrogen (secondary N) is 1. The summed E-state index contributed by atoms with van der Waals surface area (Å²) in [5.74, 6) is 2.10. The van der Waals surface area contributed by atoms with E-state index in [1.165, 1.54) is 116 Å². The zero-order valence-corrected chi connectivity index (χ0v) is 24.4. The van der Waals surface area contributed by atoms with Crippen LogP contribution < -0.4 is 11.1 Å². The van der Waals surface area contributed by atoms with Crippen molar-refractivity contribution in [3.05, 3.63) is 24.3 Å². The number of thioether (sulfide) groups is 1. The Morgan fingerprint density at radius 3 is 1.92 bits per heavy atom. The minimum absolute atomic E-state index is 0.421. The van der Waals surface area contributed by atoms with E-state index in [4.69, 9.17) is 5.73 Å². The lowest BCUT2D eigenvalue weighted by atomic mass is 10.0. The maximum atomic E-state index is 5.91. The predicted octanol–water partition coefficient (Wildman–Crippen LogP) is 8.81. The Hall–Kier alpha value is -1.53. The standard InChI is InChI=1S/C31H53N5S/c1-2-3-4-5-6-7-8-9-10-11-12-13-14-15-16-17-25-37-31-35-34-30(27-20-22-28(32)23-21-27)36(31)29-19-18-24-33-26-29/h20-23,29,33H,2-19,24-26,32H2,1H3. The molecular weight excluding hydrogens is 474 g/mol. The highest BCUT2D eigenvalue weighted by molar-refractivity contribution is 7.99. The second-order valence-corrected chi connectivity index (χ2v) is 12.0. The van der Waals surface area contributed by atoms with Gasteiger partial charge in [0.2, 0.25) is 0 Å². The molecule has 0 bridgehead atoms. The molecule has 0 aliphatic carbocycles. The Bertz CT molecular complexity index is 829. The van der Waals surface area contributed by atoms with Gasteiger partial charge in [0, 0.05) is 23.5 Å². The number of rotatable bonds is 20. The van der Waals surface area contributed by atoms with Crippen molar-refractivity contribution >= 4 is 17.4 Å². The third kappa shape index (κ3) is 11.4. The van der Waals surface area contributed by atoms with Crippen molar-refractivity contribution in [3.8, 4) is 11.4 Å². The van der Waals surface area contributed by atoms with Gasteiger partial charge in [0.15, 0.2) is 11.0 Å². The van der Waals surface area contributed by atoms with Crippen LogP contribution in [0.15, 0.2) is 29.4 Å². The molecule has 208 valence electrons. The van der Waals surface area contributed by atoms with Crippen molar-refractivity contribution in [1.29, 1.82) is 0 Å². The zero-order chi connectivity index (χ0) is 26.0. The molecule has 2 aromatic rings. The second-order valence-electron chi connectivity index (χ2n) is 11.0. The van der Waals surface area contributed by atoms with Crippen LogP contribution in [0.25, 0.3) is 11.4 Å². The lowest BCUT2D eigenvalue weighted by Gasteiger charge is -2.26. The monoisotopic (exact) mass is 527 g/mol. The van der Waals surface area contributed by atoms with Gasteiger partial charge < -0.3 is 11.1 Å². The molecule has 1 saturated heterocycles. The van der Waals surface area contributed by atoms with E-state index < -0.39 is 0 Å². The molecule has 0 spiro atoms. The Kier molecular flexibility index (Phi) is 15.2. The van der Waals surface area contributed by atoms with Crippen molar-refractivity contribution in [3.63, 3.8) is 0 Å². The normalized spacial score (nSPS) is 15.9. The van der Waals surface area contributed by atoms with Crippen LogP contribution in [0.2, 0.25) is 0 Å². The summed E-state index contributed by atoms with van der Waals surface area (Å²) in [5.41, 5.74) is 7.79. The number of anilines is 1. The summed E-state index contributed by atoms with van der Waals surface area (Å²) in [5, 5.41) is 13.9. The van der Waals surface area contributed by atoms with Crippen molar-refractivity contribution in [2.75, 3.05) is 24.6 Å². The molecule has 6 heteroatoms. The molecule has 0 saturated carbocycles. The third-order valence-corrected chi connectivity index (χ3v) is 8.73. The van der Waals surface area contributed by atoms with Gasteiger partial charge in [0.25, 0.3) is 0 Å². The van der Waals surface area contributed by atoms with Crippen LogP contribution in [0.1, 0.15) is 129 Å². The summed E-state index contributed by atoms with van der Waals surface area (Å²) >= 11 is 1.88. The van der Waals surface area contributed by atoms with Gasteiger partial charge in [0.1, 0.15) is 0 Å². The van der Waals surface area contributed by atoms with Gasteiger partial charge in [0.05, 0.1) is 6.04 Å². The smallest absolute Gasteiger partial charge is 0.191 e. The molecule has 1 atom stereocenters. The number of piperidine rings is 1. The lowest BCUT2D eigenvalue weighted by molar-refractivity contribution is 0.356. The van der Waals surface area contributed by atoms with Crippen LogP contribution in [0.5, 0.6) is 0 Å². The van der Waals surface area contributed by atoms with E-state index in [-0.39, 0.29) is 0 Å². The fourth-order valence-electron chi connectivity index (χ4n) is 5.40. The molecule has 1 fully saturated rings. The maximum Gasteiger partial charge on any atom is 0.191 e. The van der Waals surface area contributed by atoms with Crippen LogP contribution in [0.3, 0.4) is 0 Å². The highest BCUT2D eigenvalue weighted by Crippen LogP contribution is 2.31. The summed E-state index contributed by atoms with van der Waals surface area (Å²) in [7, 11) is 0. The SMILES string of the molecule is CCCCCCCCCCCCCCCCCCSc1nnc(-c2ccc(N)cc2)n1C1CCCNC1. The summed E-state index contributed by atoms with van der Waals surface area (Å²) in [6, 6.07) is 8.46. The molecule has 1 unspecified atom stereocenters. The largest absolute Gasteiger partial charge is 0.399 e. The molecule has 37 heavy (non-hydrogen) atoms. The van der Waals surface area contributed by atoms with Crippen molar-refractivity contribution in [1.82, 2.24) is 20.1 Å². The van der Waals surface area contributed by atoms with Gasteiger partial charge in [-0.1, -0.05) is 115 Å². The van der Waals surface area contributed by atoms with Gasteiger partial charge in [-0.15, -0.1) is 10.2 Å². The minimum Gasteiger partial charge on any atom is -0.399 e. The number of benzene rings is 1. The first-order valence-corrected chi connectivity index (χ1v) is 16.4.